The summed E-state index contributed by atoms with van der Waals surface area (Å²) in [4.78, 5) is 0. The Hall–Kier alpha value is -1.32. The summed E-state index contributed by atoms with van der Waals surface area (Å²) >= 11 is 0. The summed E-state index contributed by atoms with van der Waals surface area (Å²) in [7, 11) is -1.71. The first-order chi connectivity index (χ1) is 10.2. The van der Waals surface area contributed by atoms with Crippen LogP contribution >= 0.6 is 0 Å². The zero-order valence-corrected chi connectivity index (χ0v) is 15.7. The number of hydrogen-bond acceptors (Lipinski definition) is 2. The fraction of sp³-hybridized carbons (Fsp3) is 0.474. The number of benzene rings is 1. The van der Waals surface area contributed by atoms with Crippen LogP contribution in [0.5, 0.6) is 0 Å². The maximum Gasteiger partial charge on any atom is 0.249 e. The number of rotatable bonds is 8. The van der Waals surface area contributed by atoms with E-state index in [0.29, 0.717) is 13.2 Å². The molecule has 1 aromatic rings. The van der Waals surface area contributed by atoms with Gasteiger partial charge < -0.3 is 9.16 Å². The summed E-state index contributed by atoms with van der Waals surface area (Å²) in [6.45, 7) is 16.6. The molecule has 0 saturated heterocycles. The molecule has 1 rings (SSSR count). The average molecular weight is 319 g/mol. The van der Waals surface area contributed by atoms with Gasteiger partial charge in [0.25, 0.3) is 0 Å². The van der Waals surface area contributed by atoms with E-state index in [0.717, 1.165) is 12.0 Å². The highest BCUT2D eigenvalue weighted by Gasteiger charge is 2.37. The van der Waals surface area contributed by atoms with E-state index in [1.165, 1.54) is 5.56 Å². The summed E-state index contributed by atoms with van der Waals surface area (Å²) in [5.41, 5.74) is 2.23. The second-order valence-corrected chi connectivity index (χ2v) is 11.9. The van der Waals surface area contributed by atoms with Crippen LogP contribution in [0, 0.1) is 0 Å². The Bertz CT molecular complexity index is 484. The van der Waals surface area contributed by atoms with Gasteiger partial charge in [-0.3, -0.25) is 0 Å². The molecule has 0 radical (unpaired) electrons. The van der Waals surface area contributed by atoms with E-state index in [1.54, 1.807) is 0 Å². The monoisotopic (exact) mass is 318 g/mol. The molecule has 0 aliphatic rings. The fourth-order valence-electron chi connectivity index (χ4n) is 1.53. The van der Waals surface area contributed by atoms with E-state index in [4.69, 9.17) is 9.16 Å². The van der Waals surface area contributed by atoms with E-state index in [2.05, 4.69) is 52.6 Å². The highest BCUT2D eigenvalue weighted by molar-refractivity contribution is 6.74. The van der Waals surface area contributed by atoms with E-state index in [9.17, 15) is 0 Å². The molecule has 2 nitrogen and oxygen atoms in total. The minimum Gasteiger partial charge on any atom is -0.549 e. The van der Waals surface area contributed by atoms with Crippen LogP contribution in [0.3, 0.4) is 0 Å². The van der Waals surface area contributed by atoms with Crippen LogP contribution in [0.25, 0.3) is 0 Å². The van der Waals surface area contributed by atoms with Crippen LogP contribution < -0.4 is 0 Å². The van der Waals surface area contributed by atoms with Crippen molar-refractivity contribution in [2.75, 3.05) is 6.61 Å². The minimum absolute atomic E-state index is 0.220. The first-order valence-electron chi connectivity index (χ1n) is 7.86. The van der Waals surface area contributed by atoms with E-state index in [-0.39, 0.29) is 5.04 Å². The third-order valence-corrected chi connectivity index (χ3v) is 8.49. The van der Waals surface area contributed by atoms with Crippen LogP contribution in [0.2, 0.25) is 18.1 Å². The van der Waals surface area contributed by atoms with Crippen molar-refractivity contribution < 1.29 is 9.16 Å². The third kappa shape index (κ3) is 6.63. The lowest BCUT2D eigenvalue weighted by Gasteiger charge is -2.35. The van der Waals surface area contributed by atoms with Gasteiger partial charge in [0.05, 0.1) is 19.5 Å². The van der Waals surface area contributed by atoms with Gasteiger partial charge in [0, 0.05) is 0 Å². The quantitative estimate of drug-likeness (QED) is 0.265. The van der Waals surface area contributed by atoms with Gasteiger partial charge in [-0.1, -0.05) is 57.7 Å². The lowest BCUT2D eigenvalue weighted by Crippen LogP contribution is -2.39. The largest absolute Gasteiger partial charge is 0.549 e. The highest BCUT2D eigenvalue weighted by Crippen LogP contribution is 2.36. The molecule has 0 amide bonds. The maximum atomic E-state index is 6.00. The van der Waals surface area contributed by atoms with Crippen molar-refractivity contribution >= 4 is 8.32 Å². The van der Waals surface area contributed by atoms with Crippen LogP contribution in [-0.4, -0.2) is 14.9 Å². The molecule has 0 spiro atoms. The number of allylic oxidation sites excluding steroid dienone is 1. The van der Waals surface area contributed by atoms with Gasteiger partial charge in [-0.05, 0) is 41.8 Å². The van der Waals surface area contributed by atoms with Gasteiger partial charge in [0.1, 0.15) is 0 Å². The molecule has 0 aliphatic heterocycles. The second-order valence-electron chi connectivity index (χ2n) is 7.13. The van der Waals surface area contributed by atoms with Crippen molar-refractivity contribution in [1.29, 1.82) is 0 Å². The van der Waals surface area contributed by atoms with E-state index >= 15 is 0 Å². The predicted molar refractivity (Wildman–Crippen MR) is 97.3 cm³/mol. The Morgan fingerprint density at radius 2 is 1.82 bits per heavy atom. The van der Waals surface area contributed by atoms with Crippen LogP contribution in [0.1, 0.15) is 32.8 Å². The van der Waals surface area contributed by atoms with Crippen LogP contribution in [0.4, 0.5) is 0 Å². The van der Waals surface area contributed by atoms with Gasteiger partial charge >= 0.3 is 0 Å². The molecule has 0 fully saturated rings. The predicted octanol–water partition coefficient (Wildman–Crippen LogP) is 5.69. The zero-order chi connectivity index (χ0) is 16.6. The molecule has 3 heteroatoms. The smallest absolute Gasteiger partial charge is 0.249 e. The van der Waals surface area contributed by atoms with Crippen molar-refractivity contribution in [1.82, 2.24) is 0 Å². The van der Waals surface area contributed by atoms with Crippen molar-refractivity contribution in [3.8, 4) is 0 Å². The molecule has 0 aliphatic carbocycles. The first-order valence-corrected chi connectivity index (χ1v) is 10.8. The van der Waals surface area contributed by atoms with Gasteiger partial charge in [0.15, 0.2) is 0 Å². The van der Waals surface area contributed by atoms with Gasteiger partial charge in [-0.15, -0.1) is 0 Å². The topological polar surface area (TPSA) is 18.5 Å². The fourth-order valence-corrected chi connectivity index (χ4v) is 2.29. The van der Waals surface area contributed by atoms with Crippen molar-refractivity contribution in [2.24, 2.45) is 0 Å². The Kier molecular flexibility index (Phi) is 7.10. The molecule has 0 aromatic heterocycles. The second kappa shape index (κ2) is 8.35. The van der Waals surface area contributed by atoms with Gasteiger partial charge in [0.2, 0.25) is 8.32 Å². The molecule has 0 heterocycles. The Morgan fingerprint density at radius 3 is 2.41 bits per heavy atom. The molecule has 0 atom stereocenters. The third-order valence-electron chi connectivity index (χ3n) is 4.15. The minimum atomic E-state index is -1.71. The van der Waals surface area contributed by atoms with Crippen molar-refractivity contribution in [3.05, 3.63) is 60.4 Å². The normalized spacial score (nSPS) is 12.6. The standard InChI is InChI=1S/C19H30O2Si/c1-17(13-15-21-22(5,6)19(2,3)4)12-14-20-16-18-10-8-7-9-11-18/h7-11,13,15H,1,12,14,16H2,2-6H3/b15-13+. The SMILES string of the molecule is C=C(/C=C/O[Si](C)(C)C(C)(C)C)CCOCc1ccccc1. The summed E-state index contributed by atoms with van der Waals surface area (Å²) in [5.74, 6) is 0. The average Bonchev–Trinajstić information content (AvgIpc) is 2.43. The molecular formula is C19H30O2Si. The van der Waals surface area contributed by atoms with Crippen molar-refractivity contribution in [3.63, 3.8) is 0 Å². The van der Waals surface area contributed by atoms with Gasteiger partial charge in [-0.2, -0.15) is 0 Å². The Balaban J connectivity index is 2.25. The van der Waals surface area contributed by atoms with E-state index < -0.39 is 8.32 Å². The molecule has 0 unspecified atom stereocenters. The first kappa shape index (κ1) is 18.7. The Labute approximate surface area is 137 Å². The van der Waals surface area contributed by atoms with E-state index in [1.807, 2.05) is 30.5 Å². The molecule has 0 saturated carbocycles. The molecule has 1 aromatic carbocycles. The molecule has 122 valence electrons. The number of hydrogen-bond donors (Lipinski definition) is 0. The summed E-state index contributed by atoms with van der Waals surface area (Å²) in [5, 5.41) is 0.220. The van der Waals surface area contributed by atoms with Crippen LogP contribution in [-0.2, 0) is 15.8 Å². The highest BCUT2D eigenvalue weighted by atomic mass is 28.4. The maximum absolute atomic E-state index is 6.00. The lowest BCUT2D eigenvalue weighted by atomic mass is 10.2. The molecular weight excluding hydrogens is 288 g/mol. The summed E-state index contributed by atoms with van der Waals surface area (Å²) in [6, 6.07) is 10.2. The molecule has 22 heavy (non-hydrogen) atoms. The Morgan fingerprint density at radius 1 is 1.18 bits per heavy atom. The summed E-state index contributed by atoms with van der Waals surface area (Å²) < 4.78 is 11.7. The van der Waals surface area contributed by atoms with Crippen molar-refractivity contribution in [2.45, 2.75) is 51.9 Å². The van der Waals surface area contributed by atoms with Crippen LogP contribution in [0.15, 0.2) is 54.8 Å². The summed E-state index contributed by atoms with van der Waals surface area (Å²) in [6.07, 6.45) is 4.60. The lowest BCUT2D eigenvalue weighted by molar-refractivity contribution is 0.124. The number of ether oxygens (including phenoxy) is 1. The zero-order valence-electron chi connectivity index (χ0n) is 14.7. The van der Waals surface area contributed by atoms with Gasteiger partial charge in [-0.25, -0.2) is 0 Å². The molecule has 0 N–H and O–H groups in total. The molecule has 0 bridgehead atoms.